The number of hydrogen-bond acceptors (Lipinski definition) is 6. The fourth-order valence-electron chi connectivity index (χ4n) is 2.57. The van der Waals surface area contributed by atoms with E-state index in [1.165, 1.54) is 16.7 Å². The normalized spacial score (nSPS) is 19.6. The summed E-state index contributed by atoms with van der Waals surface area (Å²) in [6.07, 6.45) is 2.88. The third kappa shape index (κ3) is 5.68. The lowest BCUT2D eigenvalue weighted by atomic mass is 10.1. The van der Waals surface area contributed by atoms with Crippen molar-refractivity contribution in [2.45, 2.75) is 43.8 Å². The summed E-state index contributed by atoms with van der Waals surface area (Å²) in [6, 6.07) is -2.88. The number of carboxylic acids is 1. The number of carbonyl (C=O) groups excluding carboxylic acids is 3. The maximum absolute atomic E-state index is 12.7. The lowest BCUT2D eigenvalue weighted by molar-refractivity contribution is -0.149. The average Bonchev–Trinajstić information content (AvgIpc) is 2.99. The molecule has 3 atom stereocenters. The number of nitrogens with zero attached hydrogens (tertiary/aromatic N) is 1. The summed E-state index contributed by atoms with van der Waals surface area (Å²) in [7, 11) is 0. The zero-order valence-electron chi connectivity index (χ0n) is 13.6. The molecule has 136 valence electrons. The first-order valence-corrected chi connectivity index (χ1v) is 9.03. The number of primary amides is 1. The van der Waals surface area contributed by atoms with Crippen LogP contribution in [0.3, 0.4) is 0 Å². The molecule has 0 unspecified atom stereocenters. The summed E-state index contributed by atoms with van der Waals surface area (Å²) in [5.41, 5.74) is 10.6. The second-order valence-electron chi connectivity index (χ2n) is 5.65. The topological polar surface area (TPSA) is 156 Å². The molecule has 0 radical (unpaired) electrons. The van der Waals surface area contributed by atoms with Crippen LogP contribution in [0.25, 0.3) is 0 Å². The Balaban J connectivity index is 2.80. The molecule has 1 heterocycles. The van der Waals surface area contributed by atoms with E-state index in [2.05, 4.69) is 5.32 Å². The number of thioether (sulfide) groups is 1. The van der Waals surface area contributed by atoms with Gasteiger partial charge in [-0.3, -0.25) is 14.4 Å². The van der Waals surface area contributed by atoms with Gasteiger partial charge in [0.15, 0.2) is 0 Å². The first-order chi connectivity index (χ1) is 11.3. The van der Waals surface area contributed by atoms with Gasteiger partial charge in [0.25, 0.3) is 0 Å². The molecule has 3 amide bonds. The number of amides is 3. The molecule has 1 aliphatic heterocycles. The first kappa shape index (κ1) is 20.2. The van der Waals surface area contributed by atoms with Gasteiger partial charge in [-0.2, -0.15) is 11.8 Å². The molecule has 0 saturated carbocycles. The molecule has 1 saturated heterocycles. The van der Waals surface area contributed by atoms with Crippen molar-refractivity contribution >= 4 is 35.5 Å². The molecule has 0 bridgehead atoms. The molecular weight excluding hydrogens is 336 g/mol. The SMILES string of the molecule is CSCC[C@H](NC(=O)[C@@H](N)CC(N)=O)C(=O)N1CCC[C@@H]1C(=O)O. The number of rotatable bonds is 9. The summed E-state index contributed by atoms with van der Waals surface area (Å²) in [6.45, 7) is 0.342. The quantitative estimate of drug-likeness (QED) is 0.390. The lowest BCUT2D eigenvalue weighted by Gasteiger charge is -2.28. The number of carbonyl (C=O) groups is 4. The smallest absolute Gasteiger partial charge is 0.326 e. The second-order valence-corrected chi connectivity index (χ2v) is 6.63. The zero-order chi connectivity index (χ0) is 18.3. The molecule has 24 heavy (non-hydrogen) atoms. The summed E-state index contributed by atoms with van der Waals surface area (Å²) in [5.74, 6) is -2.25. The maximum Gasteiger partial charge on any atom is 0.326 e. The van der Waals surface area contributed by atoms with E-state index in [0.29, 0.717) is 31.6 Å². The van der Waals surface area contributed by atoms with Crippen LogP contribution in [0, 0.1) is 0 Å². The fraction of sp³-hybridized carbons (Fsp3) is 0.714. The van der Waals surface area contributed by atoms with Crippen molar-refractivity contribution in [2.75, 3.05) is 18.6 Å². The number of likely N-dealkylation sites (tertiary alicyclic amines) is 1. The van der Waals surface area contributed by atoms with Gasteiger partial charge in [-0.05, 0) is 31.3 Å². The molecular formula is C14H24N4O5S. The van der Waals surface area contributed by atoms with Gasteiger partial charge < -0.3 is 26.8 Å². The van der Waals surface area contributed by atoms with Crippen molar-refractivity contribution in [3.05, 3.63) is 0 Å². The van der Waals surface area contributed by atoms with Crippen molar-refractivity contribution in [3.63, 3.8) is 0 Å². The van der Waals surface area contributed by atoms with Gasteiger partial charge in [-0.1, -0.05) is 0 Å². The molecule has 9 nitrogen and oxygen atoms in total. The van der Waals surface area contributed by atoms with Crippen molar-refractivity contribution < 1.29 is 24.3 Å². The van der Waals surface area contributed by atoms with Crippen molar-refractivity contribution in [2.24, 2.45) is 11.5 Å². The van der Waals surface area contributed by atoms with E-state index in [9.17, 15) is 24.3 Å². The Hall–Kier alpha value is -1.81. The predicted octanol–water partition coefficient (Wildman–Crippen LogP) is -1.50. The van der Waals surface area contributed by atoms with E-state index < -0.39 is 41.8 Å². The van der Waals surface area contributed by atoms with E-state index >= 15 is 0 Å². The number of nitrogens with one attached hydrogen (secondary N) is 1. The van der Waals surface area contributed by atoms with Gasteiger partial charge in [0, 0.05) is 6.54 Å². The Bertz CT molecular complexity index is 502. The van der Waals surface area contributed by atoms with Crippen LogP contribution in [-0.2, 0) is 19.2 Å². The Morgan fingerprint density at radius 2 is 2.04 bits per heavy atom. The minimum Gasteiger partial charge on any atom is -0.480 e. The van der Waals surface area contributed by atoms with Crippen LogP contribution in [0.5, 0.6) is 0 Å². The standard InChI is InChI=1S/C14H24N4O5S/c1-24-6-4-9(17-12(20)8(15)7-11(16)19)13(21)18-5-2-3-10(18)14(22)23/h8-10H,2-7,15H2,1H3,(H2,16,19)(H,17,20)(H,22,23)/t8-,9-,10+/m0/s1. The van der Waals surface area contributed by atoms with Gasteiger partial charge in [-0.15, -0.1) is 0 Å². The Labute approximate surface area is 144 Å². The summed E-state index contributed by atoms with van der Waals surface area (Å²) >= 11 is 1.50. The summed E-state index contributed by atoms with van der Waals surface area (Å²) in [4.78, 5) is 48.1. The molecule has 6 N–H and O–H groups in total. The Morgan fingerprint density at radius 3 is 2.58 bits per heavy atom. The Kier molecular flexibility index (Phi) is 7.99. The Morgan fingerprint density at radius 1 is 1.38 bits per heavy atom. The minimum absolute atomic E-state index is 0.323. The first-order valence-electron chi connectivity index (χ1n) is 7.64. The monoisotopic (exact) mass is 360 g/mol. The zero-order valence-corrected chi connectivity index (χ0v) is 14.4. The van der Waals surface area contributed by atoms with E-state index in [1.54, 1.807) is 0 Å². The molecule has 1 rings (SSSR count). The molecule has 0 spiro atoms. The van der Waals surface area contributed by atoms with Crippen molar-refractivity contribution in [1.82, 2.24) is 10.2 Å². The number of hydrogen-bond donors (Lipinski definition) is 4. The van der Waals surface area contributed by atoms with Crippen LogP contribution in [0.2, 0.25) is 0 Å². The van der Waals surface area contributed by atoms with E-state index in [0.717, 1.165) is 0 Å². The van der Waals surface area contributed by atoms with Crippen LogP contribution >= 0.6 is 11.8 Å². The van der Waals surface area contributed by atoms with Crippen LogP contribution in [0.1, 0.15) is 25.7 Å². The summed E-state index contributed by atoms with van der Waals surface area (Å²) in [5, 5.41) is 11.7. The summed E-state index contributed by atoms with van der Waals surface area (Å²) < 4.78 is 0. The fourth-order valence-corrected chi connectivity index (χ4v) is 3.04. The molecule has 0 aliphatic carbocycles. The highest BCUT2D eigenvalue weighted by Crippen LogP contribution is 2.19. The second kappa shape index (κ2) is 9.48. The third-order valence-corrected chi connectivity index (χ3v) is 4.45. The predicted molar refractivity (Wildman–Crippen MR) is 89.1 cm³/mol. The van der Waals surface area contributed by atoms with E-state index in [1.807, 2.05) is 6.26 Å². The van der Waals surface area contributed by atoms with Crippen LogP contribution in [-0.4, -0.2) is 70.4 Å². The largest absolute Gasteiger partial charge is 0.480 e. The number of aliphatic carboxylic acids is 1. The number of carboxylic acid groups (broad SMARTS) is 1. The highest BCUT2D eigenvalue weighted by molar-refractivity contribution is 7.98. The third-order valence-electron chi connectivity index (χ3n) is 3.80. The molecule has 1 aliphatic rings. The molecule has 0 aromatic rings. The van der Waals surface area contributed by atoms with E-state index in [4.69, 9.17) is 11.5 Å². The van der Waals surface area contributed by atoms with Gasteiger partial charge in [0.2, 0.25) is 17.7 Å². The van der Waals surface area contributed by atoms with Crippen molar-refractivity contribution in [3.8, 4) is 0 Å². The number of nitrogens with two attached hydrogens (primary N) is 2. The van der Waals surface area contributed by atoms with E-state index in [-0.39, 0.29) is 6.42 Å². The van der Waals surface area contributed by atoms with Crippen LogP contribution < -0.4 is 16.8 Å². The van der Waals surface area contributed by atoms with Crippen LogP contribution in [0.4, 0.5) is 0 Å². The van der Waals surface area contributed by atoms with Gasteiger partial charge >= 0.3 is 5.97 Å². The maximum atomic E-state index is 12.7. The van der Waals surface area contributed by atoms with Crippen LogP contribution in [0.15, 0.2) is 0 Å². The van der Waals surface area contributed by atoms with Gasteiger partial charge in [0.1, 0.15) is 12.1 Å². The minimum atomic E-state index is -1.14. The molecule has 0 aromatic heterocycles. The highest BCUT2D eigenvalue weighted by Gasteiger charge is 2.37. The van der Waals surface area contributed by atoms with Gasteiger partial charge in [-0.25, -0.2) is 4.79 Å². The molecule has 10 heteroatoms. The lowest BCUT2D eigenvalue weighted by Crippen LogP contribution is -2.55. The molecule has 0 aromatic carbocycles. The van der Waals surface area contributed by atoms with Crippen molar-refractivity contribution in [1.29, 1.82) is 0 Å². The van der Waals surface area contributed by atoms with Gasteiger partial charge in [0.05, 0.1) is 12.5 Å². The average molecular weight is 360 g/mol. The molecule has 1 fully saturated rings. The highest BCUT2D eigenvalue weighted by atomic mass is 32.2.